The molecule has 0 unspecified atom stereocenters. The Morgan fingerprint density at radius 1 is 1.25 bits per heavy atom. The standard InChI is InChI=1S/C13H17NO2/c1-13(2,3)12(16)8-9-14-10-4-6-11(15)7-5-10/h4-9,14-15H,1-3H3/b9-8-. The first-order valence-corrected chi connectivity index (χ1v) is 5.16. The number of carbonyl (C=O) groups excluding carboxylic acids is 1. The molecule has 1 rings (SSSR count). The maximum Gasteiger partial charge on any atom is 0.162 e. The van der Waals surface area contributed by atoms with Crippen LogP contribution in [0.1, 0.15) is 20.8 Å². The fraction of sp³-hybridized carbons (Fsp3) is 0.308. The molecule has 0 aromatic heterocycles. The molecule has 0 atom stereocenters. The summed E-state index contributed by atoms with van der Waals surface area (Å²) in [5.74, 6) is 0.291. The molecule has 0 fully saturated rings. The minimum absolute atomic E-state index is 0.0683. The number of aromatic hydroxyl groups is 1. The number of nitrogens with one attached hydrogen (secondary N) is 1. The molecule has 2 N–H and O–H groups in total. The number of benzene rings is 1. The van der Waals surface area contributed by atoms with E-state index in [0.29, 0.717) is 0 Å². The van der Waals surface area contributed by atoms with Crippen molar-refractivity contribution in [3.05, 3.63) is 36.5 Å². The summed E-state index contributed by atoms with van der Waals surface area (Å²) in [6.45, 7) is 5.63. The van der Waals surface area contributed by atoms with Crippen LogP contribution in [-0.2, 0) is 4.79 Å². The van der Waals surface area contributed by atoms with Crippen molar-refractivity contribution in [2.75, 3.05) is 5.32 Å². The molecule has 86 valence electrons. The third kappa shape index (κ3) is 3.77. The second-order valence-electron chi connectivity index (χ2n) is 4.64. The van der Waals surface area contributed by atoms with Gasteiger partial charge in [0.15, 0.2) is 5.78 Å². The van der Waals surface area contributed by atoms with Crippen molar-refractivity contribution in [2.45, 2.75) is 20.8 Å². The van der Waals surface area contributed by atoms with E-state index < -0.39 is 0 Å². The second kappa shape index (κ2) is 4.84. The van der Waals surface area contributed by atoms with Gasteiger partial charge in [0, 0.05) is 17.3 Å². The highest BCUT2D eigenvalue weighted by Gasteiger charge is 2.17. The Labute approximate surface area is 95.8 Å². The molecule has 3 nitrogen and oxygen atoms in total. The zero-order valence-electron chi connectivity index (χ0n) is 9.82. The lowest BCUT2D eigenvalue weighted by molar-refractivity contribution is -0.121. The van der Waals surface area contributed by atoms with Crippen LogP contribution < -0.4 is 5.32 Å². The number of hydrogen-bond donors (Lipinski definition) is 2. The van der Waals surface area contributed by atoms with E-state index in [0.717, 1.165) is 5.69 Å². The fourth-order valence-corrected chi connectivity index (χ4v) is 1.02. The van der Waals surface area contributed by atoms with Gasteiger partial charge < -0.3 is 10.4 Å². The predicted molar refractivity (Wildman–Crippen MR) is 65.3 cm³/mol. The van der Waals surface area contributed by atoms with Gasteiger partial charge in [0.05, 0.1) is 0 Å². The molecular formula is C13H17NO2. The molecule has 0 aliphatic heterocycles. The number of anilines is 1. The van der Waals surface area contributed by atoms with Crippen LogP contribution in [0.5, 0.6) is 5.75 Å². The number of ketones is 1. The summed E-state index contributed by atoms with van der Waals surface area (Å²) >= 11 is 0. The SMILES string of the molecule is CC(C)(C)C(=O)/C=C\Nc1ccc(O)cc1. The molecule has 0 aliphatic rings. The minimum Gasteiger partial charge on any atom is -0.508 e. The van der Waals surface area contributed by atoms with Crippen LogP contribution in [0.3, 0.4) is 0 Å². The molecule has 1 aromatic carbocycles. The average molecular weight is 219 g/mol. The van der Waals surface area contributed by atoms with Crippen molar-refractivity contribution in [1.82, 2.24) is 0 Å². The van der Waals surface area contributed by atoms with E-state index in [1.807, 2.05) is 20.8 Å². The highest BCUT2D eigenvalue weighted by Crippen LogP contribution is 2.16. The Kier molecular flexibility index (Phi) is 3.72. The molecule has 1 aromatic rings. The second-order valence-corrected chi connectivity index (χ2v) is 4.64. The lowest BCUT2D eigenvalue weighted by Gasteiger charge is -2.12. The molecule has 0 saturated carbocycles. The van der Waals surface area contributed by atoms with Gasteiger partial charge in [0.25, 0.3) is 0 Å². The highest BCUT2D eigenvalue weighted by molar-refractivity contribution is 5.94. The molecule has 0 aliphatic carbocycles. The molecule has 0 radical (unpaired) electrons. The number of rotatable bonds is 3. The van der Waals surface area contributed by atoms with Gasteiger partial charge in [-0.3, -0.25) is 4.79 Å². The van der Waals surface area contributed by atoms with Gasteiger partial charge in [-0.25, -0.2) is 0 Å². The van der Waals surface area contributed by atoms with E-state index in [4.69, 9.17) is 5.11 Å². The average Bonchev–Trinajstić information content (AvgIpc) is 2.19. The monoisotopic (exact) mass is 219 g/mol. The van der Waals surface area contributed by atoms with Gasteiger partial charge in [0.2, 0.25) is 0 Å². The molecule has 0 spiro atoms. The largest absolute Gasteiger partial charge is 0.508 e. The van der Waals surface area contributed by atoms with Gasteiger partial charge in [-0.15, -0.1) is 0 Å². The number of carbonyl (C=O) groups is 1. The number of phenols is 1. The molecule has 0 amide bonds. The van der Waals surface area contributed by atoms with Crippen LogP contribution in [0, 0.1) is 5.41 Å². The summed E-state index contributed by atoms with van der Waals surface area (Å²) in [6, 6.07) is 6.64. The lowest BCUT2D eigenvalue weighted by atomic mass is 9.91. The van der Waals surface area contributed by atoms with E-state index in [9.17, 15) is 4.79 Å². The first-order chi connectivity index (χ1) is 7.39. The zero-order chi connectivity index (χ0) is 12.2. The maximum absolute atomic E-state index is 11.5. The van der Waals surface area contributed by atoms with Gasteiger partial charge in [-0.2, -0.15) is 0 Å². The summed E-state index contributed by atoms with van der Waals surface area (Å²) < 4.78 is 0. The van der Waals surface area contributed by atoms with Gasteiger partial charge in [-0.05, 0) is 30.3 Å². The van der Waals surface area contributed by atoms with Crippen LogP contribution in [0.25, 0.3) is 0 Å². The van der Waals surface area contributed by atoms with Crippen molar-refractivity contribution in [3.63, 3.8) is 0 Å². The molecule has 16 heavy (non-hydrogen) atoms. The zero-order valence-corrected chi connectivity index (χ0v) is 9.82. The van der Waals surface area contributed by atoms with Crippen LogP contribution >= 0.6 is 0 Å². The number of allylic oxidation sites excluding steroid dienone is 1. The Morgan fingerprint density at radius 2 is 1.81 bits per heavy atom. The van der Waals surface area contributed by atoms with E-state index in [1.165, 1.54) is 6.08 Å². The van der Waals surface area contributed by atoms with Crippen molar-refractivity contribution in [3.8, 4) is 5.75 Å². The quantitative estimate of drug-likeness (QED) is 0.607. The maximum atomic E-state index is 11.5. The number of phenolic OH excluding ortho intramolecular Hbond substituents is 1. The van der Waals surface area contributed by atoms with Crippen LogP contribution in [0.15, 0.2) is 36.5 Å². The smallest absolute Gasteiger partial charge is 0.162 e. The Balaban J connectivity index is 2.55. The van der Waals surface area contributed by atoms with Crippen molar-refractivity contribution in [1.29, 1.82) is 0 Å². The molecule has 0 heterocycles. The van der Waals surface area contributed by atoms with E-state index in [1.54, 1.807) is 30.5 Å². The summed E-state index contributed by atoms with van der Waals surface area (Å²) in [6.07, 6.45) is 3.13. The third-order valence-corrected chi connectivity index (χ3v) is 2.09. The normalized spacial score (nSPS) is 11.7. The van der Waals surface area contributed by atoms with Crippen molar-refractivity contribution in [2.24, 2.45) is 5.41 Å². The molecule has 0 saturated heterocycles. The van der Waals surface area contributed by atoms with E-state index >= 15 is 0 Å². The first kappa shape index (κ1) is 12.3. The Bertz CT molecular complexity index is 385. The first-order valence-electron chi connectivity index (χ1n) is 5.16. The van der Waals surface area contributed by atoms with Crippen molar-refractivity contribution < 1.29 is 9.90 Å². The molecule has 0 bridgehead atoms. The highest BCUT2D eigenvalue weighted by atomic mass is 16.3. The third-order valence-electron chi connectivity index (χ3n) is 2.09. The summed E-state index contributed by atoms with van der Waals surface area (Å²) in [7, 11) is 0. The summed E-state index contributed by atoms with van der Waals surface area (Å²) in [5.41, 5.74) is 0.475. The Hall–Kier alpha value is -1.77. The number of hydrogen-bond acceptors (Lipinski definition) is 3. The lowest BCUT2D eigenvalue weighted by Crippen LogP contribution is -2.17. The van der Waals surface area contributed by atoms with E-state index in [2.05, 4.69) is 5.32 Å². The van der Waals surface area contributed by atoms with Gasteiger partial charge in [0.1, 0.15) is 5.75 Å². The van der Waals surface area contributed by atoms with Crippen LogP contribution in [-0.4, -0.2) is 10.9 Å². The molecule has 3 heteroatoms. The van der Waals surface area contributed by atoms with E-state index in [-0.39, 0.29) is 16.9 Å². The summed E-state index contributed by atoms with van der Waals surface area (Å²) in [4.78, 5) is 11.5. The Morgan fingerprint density at radius 3 is 2.31 bits per heavy atom. The minimum atomic E-state index is -0.354. The summed E-state index contributed by atoms with van der Waals surface area (Å²) in [5, 5.41) is 12.0. The molecular weight excluding hydrogens is 202 g/mol. The predicted octanol–water partition coefficient (Wildman–Crippen LogP) is 2.93. The van der Waals surface area contributed by atoms with Gasteiger partial charge >= 0.3 is 0 Å². The van der Waals surface area contributed by atoms with Crippen molar-refractivity contribution >= 4 is 11.5 Å². The van der Waals surface area contributed by atoms with Crippen LogP contribution in [0.4, 0.5) is 5.69 Å². The topological polar surface area (TPSA) is 49.3 Å². The van der Waals surface area contributed by atoms with Gasteiger partial charge in [-0.1, -0.05) is 20.8 Å². The fourth-order valence-electron chi connectivity index (χ4n) is 1.02. The van der Waals surface area contributed by atoms with Crippen LogP contribution in [0.2, 0.25) is 0 Å².